The van der Waals surface area contributed by atoms with Crippen LogP contribution >= 0.6 is 0 Å². The van der Waals surface area contributed by atoms with Crippen LogP contribution in [0.1, 0.15) is 55.1 Å². The first kappa shape index (κ1) is 25.4. The van der Waals surface area contributed by atoms with Crippen molar-refractivity contribution < 1.29 is 4.74 Å². The van der Waals surface area contributed by atoms with Gasteiger partial charge in [-0.25, -0.2) is 0 Å². The van der Waals surface area contributed by atoms with Crippen molar-refractivity contribution in [3.63, 3.8) is 0 Å². The zero-order chi connectivity index (χ0) is 23.5. The molecule has 4 heteroatoms. The third kappa shape index (κ3) is 5.61. The molecule has 0 saturated carbocycles. The summed E-state index contributed by atoms with van der Waals surface area (Å²) in [6, 6.07) is 27.8. The molecule has 2 heterocycles. The Morgan fingerprint density at radius 3 is 2.49 bits per heavy atom. The maximum atomic E-state index is 5.61. The minimum absolute atomic E-state index is 0. The van der Waals surface area contributed by atoms with E-state index in [1.54, 1.807) is 7.11 Å². The third-order valence-corrected chi connectivity index (χ3v) is 7.57. The number of benzene rings is 3. The molecule has 4 nitrogen and oxygen atoms in total. The first-order chi connectivity index (χ1) is 16.6. The second kappa shape index (κ2) is 11.4. The van der Waals surface area contributed by atoms with Gasteiger partial charge in [-0.05, 0) is 66.8 Å². The highest BCUT2D eigenvalue weighted by molar-refractivity contribution is 5.41. The average molecular weight is 472 g/mol. The first-order valence-electron chi connectivity index (χ1n) is 12.6. The Kier molecular flexibility index (Phi) is 8.27. The van der Waals surface area contributed by atoms with E-state index in [1.807, 2.05) is 6.07 Å². The van der Waals surface area contributed by atoms with E-state index < -0.39 is 0 Å². The minimum Gasteiger partial charge on any atom is -0.497 e. The van der Waals surface area contributed by atoms with Crippen LogP contribution in [0.25, 0.3) is 0 Å². The standard InChI is InChI=1S/C30H37N3O.CH4/c1-22-20-33(23(2)19-32(22)21-24-8-5-4-6-9-24)30(26-10-7-11-29(17-26)34-3)27-13-12-25-14-15-31-18-28(25)16-27;/h4-13,16-17,22-23,30-31H,14-15,18-21H2,1-3H3;1H4/t22-,23+,30?;/m1./s1. The number of nitrogens with one attached hydrogen (secondary N) is 1. The Morgan fingerprint density at radius 2 is 1.69 bits per heavy atom. The average Bonchev–Trinajstić information content (AvgIpc) is 2.87. The Balaban J connectivity index is 0.00000289. The number of ether oxygens (including phenoxy) is 1. The molecule has 0 radical (unpaired) electrons. The molecule has 0 spiro atoms. The van der Waals surface area contributed by atoms with Gasteiger partial charge in [0.25, 0.3) is 0 Å². The zero-order valence-electron chi connectivity index (χ0n) is 20.7. The number of hydrogen-bond donors (Lipinski definition) is 1. The summed E-state index contributed by atoms with van der Waals surface area (Å²) in [6.07, 6.45) is 1.12. The first-order valence-corrected chi connectivity index (χ1v) is 12.6. The molecule has 5 rings (SSSR count). The van der Waals surface area contributed by atoms with Gasteiger partial charge in [-0.15, -0.1) is 0 Å². The lowest BCUT2D eigenvalue weighted by atomic mass is 9.90. The summed E-state index contributed by atoms with van der Waals surface area (Å²) in [5.41, 5.74) is 7.01. The third-order valence-electron chi connectivity index (χ3n) is 7.57. The van der Waals surface area contributed by atoms with Crippen molar-refractivity contribution in [2.24, 2.45) is 0 Å². The number of hydrogen-bond acceptors (Lipinski definition) is 4. The van der Waals surface area contributed by atoms with Crippen LogP contribution in [0.5, 0.6) is 5.75 Å². The van der Waals surface area contributed by atoms with Crippen molar-refractivity contribution >= 4 is 0 Å². The van der Waals surface area contributed by atoms with Gasteiger partial charge in [-0.2, -0.15) is 0 Å². The van der Waals surface area contributed by atoms with Crippen LogP contribution in [0.15, 0.2) is 72.8 Å². The number of piperazine rings is 1. The molecule has 1 fully saturated rings. The van der Waals surface area contributed by atoms with Crippen LogP contribution in [0, 0.1) is 0 Å². The van der Waals surface area contributed by atoms with Gasteiger partial charge in [-0.3, -0.25) is 9.80 Å². The quantitative estimate of drug-likeness (QED) is 0.502. The maximum absolute atomic E-state index is 5.61. The highest BCUT2D eigenvalue weighted by atomic mass is 16.5. The monoisotopic (exact) mass is 471 g/mol. The Bertz CT molecular complexity index is 1100. The summed E-state index contributed by atoms with van der Waals surface area (Å²) >= 11 is 0. The minimum atomic E-state index is 0. The van der Waals surface area contributed by atoms with Crippen molar-refractivity contribution in [2.75, 3.05) is 26.7 Å². The van der Waals surface area contributed by atoms with Crippen LogP contribution < -0.4 is 10.1 Å². The van der Waals surface area contributed by atoms with E-state index >= 15 is 0 Å². The van der Waals surface area contributed by atoms with E-state index in [-0.39, 0.29) is 13.5 Å². The molecule has 3 aromatic carbocycles. The molecule has 0 aromatic heterocycles. The molecular formula is C31H41N3O. The van der Waals surface area contributed by atoms with Crippen LogP contribution in [-0.2, 0) is 19.5 Å². The fraction of sp³-hybridized carbons (Fsp3) is 0.419. The Hall–Kier alpha value is -2.66. The van der Waals surface area contributed by atoms with E-state index in [9.17, 15) is 0 Å². The smallest absolute Gasteiger partial charge is 0.119 e. The molecule has 3 aromatic rings. The van der Waals surface area contributed by atoms with Crippen LogP contribution in [-0.4, -0.2) is 48.6 Å². The molecule has 35 heavy (non-hydrogen) atoms. The molecule has 1 saturated heterocycles. The lowest BCUT2D eigenvalue weighted by molar-refractivity contribution is 0.0195. The summed E-state index contributed by atoms with van der Waals surface area (Å²) < 4.78 is 5.61. The predicted molar refractivity (Wildman–Crippen MR) is 146 cm³/mol. The zero-order valence-corrected chi connectivity index (χ0v) is 20.7. The van der Waals surface area contributed by atoms with Crippen molar-refractivity contribution in [2.45, 2.75) is 58.9 Å². The van der Waals surface area contributed by atoms with Gasteiger partial charge in [0.1, 0.15) is 5.75 Å². The van der Waals surface area contributed by atoms with Gasteiger partial charge in [0, 0.05) is 38.3 Å². The van der Waals surface area contributed by atoms with Gasteiger partial charge in [0.2, 0.25) is 0 Å². The molecule has 0 bridgehead atoms. The number of methoxy groups -OCH3 is 1. The lowest BCUT2D eigenvalue weighted by Crippen LogP contribution is -2.56. The Labute approximate surface area is 211 Å². The predicted octanol–water partition coefficient (Wildman–Crippen LogP) is 5.66. The molecule has 0 amide bonds. The van der Waals surface area contributed by atoms with E-state index in [4.69, 9.17) is 4.74 Å². The Morgan fingerprint density at radius 1 is 0.886 bits per heavy atom. The molecule has 0 aliphatic carbocycles. The van der Waals surface area contributed by atoms with E-state index in [0.717, 1.165) is 44.9 Å². The van der Waals surface area contributed by atoms with Gasteiger partial charge < -0.3 is 10.1 Å². The SMILES string of the molecule is C.COc1cccc(C(c2ccc3c(c2)CNCC3)N2C[C@@H](C)N(Cc3ccccc3)C[C@@H]2C)c1. The van der Waals surface area contributed by atoms with Gasteiger partial charge in [0.15, 0.2) is 0 Å². The second-order valence-corrected chi connectivity index (χ2v) is 9.94. The summed E-state index contributed by atoms with van der Waals surface area (Å²) in [6.45, 7) is 9.90. The van der Waals surface area contributed by atoms with E-state index in [1.165, 1.54) is 27.8 Å². The topological polar surface area (TPSA) is 27.7 Å². The van der Waals surface area contributed by atoms with Crippen molar-refractivity contribution in [1.82, 2.24) is 15.1 Å². The van der Waals surface area contributed by atoms with Gasteiger partial charge in [0.05, 0.1) is 13.2 Å². The molecule has 1 unspecified atom stereocenters. The molecular weight excluding hydrogens is 430 g/mol. The highest BCUT2D eigenvalue weighted by Crippen LogP contribution is 2.36. The molecule has 1 N–H and O–H groups in total. The summed E-state index contributed by atoms with van der Waals surface area (Å²) in [4.78, 5) is 5.34. The number of rotatable bonds is 6. The largest absolute Gasteiger partial charge is 0.497 e. The number of fused-ring (bicyclic) bond motifs is 1. The van der Waals surface area contributed by atoms with Crippen molar-refractivity contribution in [1.29, 1.82) is 0 Å². The molecule has 186 valence electrons. The van der Waals surface area contributed by atoms with Crippen LogP contribution in [0.2, 0.25) is 0 Å². The fourth-order valence-electron chi connectivity index (χ4n) is 5.68. The fourth-order valence-corrected chi connectivity index (χ4v) is 5.68. The van der Waals surface area contributed by atoms with Crippen LogP contribution in [0.4, 0.5) is 0 Å². The van der Waals surface area contributed by atoms with Crippen LogP contribution in [0.3, 0.4) is 0 Å². The summed E-state index contributed by atoms with van der Waals surface area (Å²) in [5, 5.41) is 3.55. The maximum Gasteiger partial charge on any atom is 0.119 e. The molecule has 2 aliphatic heterocycles. The highest BCUT2D eigenvalue weighted by Gasteiger charge is 2.35. The van der Waals surface area contributed by atoms with Gasteiger partial charge >= 0.3 is 0 Å². The summed E-state index contributed by atoms with van der Waals surface area (Å²) in [5.74, 6) is 0.922. The van der Waals surface area contributed by atoms with Gasteiger partial charge in [-0.1, -0.05) is 68.1 Å². The second-order valence-electron chi connectivity index (χ2n) is 9.94. The van der Waals surface area contributed by atoms with E-state index in [0.29, 0.717) is 12.1 Å². The number of nitrogens with zero attached hydrogens (tertiary/aromatic N) is 2. The van der Waals surface area contributed by atoms with Crippen molar-refractivity contribution in [3.8, 4) is 5.75 Å². The van der Waals surface area contributed by atoms with Crippen molar-refractivity contribution in [3.05, 3.63) is 101 Å². The molecule has 3 atom stereocenters. The van der Waals surface area contributed by atoms with E-state index in [2.05, 4.69) is 95.7 Å². The summed E-state index contributed by atoms with van der Waals surface area (Å²) in [7, 11) is 1.76. The normalized spacial score (nSPS) is 21.6. The molecule has 2 aliphatic rings. The lowest BCUT2D eigenvalue weighted by Gasteiger charge is -2.48.